The van der Waals surface area contributed by atoms with Crippen LogP contribution in [0.25, 0.3) is 0 Å². The van der Waals surface area contributed by atoms with Crippen LogP contribution in [0.4, 0.5) is 5.69 Å². The van der Waals surface area contributed by atoms with E-state index in [4.69, 9.17) is 14.2 Å². The third kappa shape index (κ3) is 4.44. The number of rotatable bonds is 7. The zero-order valence-corrected chi connectivity index (χ0v) is 15.6. The summed E-state index contributed by atoms with van der Waals surface area (Å²) in [5.74, 6) is 1.23. The lowest BCUT2D eigenvalue weighted by Gasteiger charge is -2.13. The second kappa shape index (κ2) is 8.75. The molecule has 0 aliphatic rings. The molecule has 0 saturated heterocycles. The van der Waals surface area contributed by atoms with E-state index in [-0.39, 0.29) is 5.91 Å². The van der Waals surface area contributed by atoms with Gasteiger partial charge < -0.3 is 19.1 Å². The second-order valence-corrected chi connectivity index (χ2v) is 5.60. The molecule has 2 aromatic carbocycles. The summed E-state index contributed by atoms with van der Waals surface area (Å²) in [4.78, 5) is 14.2. The van der Waals surface area contributed by atoms with E-state index in [1.165, 1.54) is 27.5 Å². The van der Waals surface area contributed by atoms with E-state index in [9.17, 15) is 4.79 Å². The van der Waals surface area contributed by atoms with E-state index in [1.54, 1.807) is 24.3 Å². The van der Waals surface area contributed by atoms with E-state index in [0.717, 1.165) is 5.69 Å². The van der Waals surface area contributed by atoms with Gasteiger partial charge in [-0.25, -0.2) is 5.43 Å². The SMILES string of the molecule is COc1cc(/C=N/NC(=O)c2cccc(N(C)C)c2)cc(OC)c1OC. The van der Waals surface area contributed by atoms with Gasteiger partial charge in [0.1, 0.15) is 0 Å². The maximum absolute atomic E-state index is 12.2. The summed E-state index contributed by atoms with van der Waals surface area (Å²) in [6.07, 6.45) is 1.51. The Labute approximate surface area is 153 Å². The van der Waals surface area contributed by atoms with Crippen molar-refractivity contribution in [2.75, 3.05) is 40.3 Å². The smallest absolute Gasteiger partial charge is 0.271 e. The minimum Gasteiger partial charge on any atom is -0.493 e. The number of amides is 1. The molecule has 0 radical (unpaired) electrons. The van der Waals surface area contributed by atoms with Crippen molar-refractivity contribution in [2.45, 2.75) is 0 Å². The zero-order valence-electron chi connectivity index (χ0n) is 15.6. The molecule has 0 aliphatic heterocycles. The molecule has 138 valence electrons. The molecule has 0 bridgehead atoms. The number of hydrazone groups is 1. The Kier molecular flexibility index (Phi) is 6.43. The van der Waals surface area contributed by atoms with Crippen LogP contribution in [0.1, 0.15) is 15.9 Å². The first-order valence-corrected chi connectivity index (χ1v) is 7.91. The average Bonchev–Trinajstić information content (AvgIpc) is 2.66. The fraction of sp³-hybridized carbons (Fsp3) is 0.263. The van der Waals surface area contributed by atoms with E-state index < -0.39 is 0 Å². The normalized spacial score (nSPS) is 10.5. The average molecular weight is 357 g/mol. The van der Waals surface area contributed by atoms with E-state index in [0.29, 0.717) is 28.4 Å². The zero-order chi connectivity index (χ0) is 19.1. The van der Waals surface area contributed by atoms with E-state index in [2.05, 4.69) is 10.5 Å². The number of hydrogen-bond donors (Lipinski definition) is 1. The molecule has 0 aliphatic carbocycles. The van der Waals surface area contributed by atoms with Gasteiger partial charge in [0.2, 0.25) is 5.75 Å². The highest BCUT2D eigenvalue weighted by atomic mass is 16.5. The number of nitrogens with zero attached hydrogens (tertiary/aromatic N) is 2. The molecule has 1 amide bonds. The Bertz CT molecular complexity index is 778. The Morgan fingerprint density at radius 2 is 1.69 bits per heavy atom. The highest BCUT2D eigenvalue weighted by Gasteiger charge is 2.12. The maximum atomic E-state index is 12.2. The molecule has 0 heterocycles. The molecule has 0 atom stereocenters. The summed E-state index contributed by atoms with van der Waals surface area (Å²) in [6, 6.07) is 10.8. The molecule has 0 fully saturated rings. The molecule has 0 saturated carbocycles. The van der Waals surface area contributed by atoms with Crippen LogP contribution in [0.2, 0.25) is 0 Å². The van der Waals surface area contributed by atoms with Crippen molar-refractivity contribution < 1.29 is 19.0 Å². The fourth-order valence-corrected chi connectivity index (χ4v) is 2.33. The molecule has 7 nitrogen and oxygen atoms in total. The monoisotopic (exact) mass is 357 g/mol. The summed E-state index contributed by atoms with van der Waals surface area (Å²) in [5, 5.41) is 4.01. The number of ether oxygens (including phenoxy) is 3. The molecular formula is C19H23N3O4. The van der Waals surface area contributed by atoms with Gasteiger partial charge in [0.15, 0.2) is 11.5 Å². The molecule has 26 heavy (non-hydrogen) atoms. The van der Waals surface area contributed by atoms with E-state index in [1.807, 2.05) is 31.1 Å². The summed E-state index contributed by atoms with van der Waals surface area (Å²) >= 11 is 0. The molecule has 7 heteroatoms. The summed E-state index contributed by atoms with van der Waals surface area (Å²) < 4.78 is 15.9. The first-order chi connectivity index (χ1) is 12.5. The number of hydrogen-bond acceptors (Lipinski definition) is 6. The van der Waals surface area contributed by atoms with Gasteiger partial charge in [0.05, 0.1) is 27.5 Å². The van der Waals surface area contributed by atoms with Gasteiger partial charge in [-0.05, 0) is 30.3 Å². The van der Waals surface area contributed by atoms with Crippen LogP contribution in [0.5, 0.6) is 17.2 Å². The highest BCUT2D eigenvalue weighted by Crippen LogP contribution is 2.37. The van der Waals surface area contributed by atoms with Crippen LogP contribution >= 0.6 is 0 Å². The van der Waals surface area contributed by atoms with E-state index >= 15 is 0 Å². The first kappa shape index (κ1) is 19.1. The molecule has 0 aromatic heterocycles. The lowest BCUT2D eigenvalue weighted by Crippen LogP contribution is -2.18. The lowest BCUT2D eigenvalue weighted by atomic mass is 10.2. The van der Waals surface area contributed by atoms with Crippen molar-refractivity contribution in [1.82, 2.24) is 5.43 Å². The maximum Gasteiger partial charge on any atom is 0.271 e. The fourth-order valence-electron chi connectivity index (χ4n) is 2.33. The predicted octanol–water partition coefficient (Wildman–Crippen LogP) is 2.54. The van der Waals surface area contributed by atoms with Crippen molar-refractivity contribution in [3.63, 3.8) is 0 Å². The Hall–Kier alpha value is -3.22. The second-order valence-electron chi connectivity index (χ2n) is 5.60. The standard InChI is InChI=1S/C19H23N3O4/c1-22(2)15-8-6-7-14(11-15)19(23)21-20-12-13-9-16(24-3)18(26-5)17(10-13)25-4/h6-12H,1-5H3,(H,21,23)/b20-12+. The topological polar surface area (TPSA) is 72.4 Å². The molecule has 0 spiro atoms. The molecule has 2 rings (SSSR count). The van der Waals surface area contributed by atoms with Crippen molar-refractivity contribution >= 4 is 17.8 Å². The van der Waals surface area contributed by atoms with Gasteiger partial charge in [-0.3, -0.25) is 4.79 Å². The van der Waals surface area contributed by atoms with Crippen LogP contribution in [-0.2, 0) is 0 Å². The van der Waals surface area contributed by atoms with Crippen LogP contribution in [-0.4, -0.2) is 47.5 Å². The van der Waals surface area contributed by atoms with Crippen molar-refractivity contribution in [3.8, 4) is 17.2 Å². The third-order valence-corrected chi connectivity index (χ3v) is 3.69. The summed E-state index contributed by atoms with van der Waals surface area (Å²) in [5.41, 5.74) is 4.67. The molecule has 0 unspecified atom stereocenters. The first-order valence-electron chi connectivity index (χ1n) is 7.91. The number of carbonyl (C=O) groups excluding carboxylic acids is 1. The Balaban J connectivity index is 2.15. The Morgan fingerprint density at radius 1 is 1.04 bits per heavy atom. The molecule has 1 N–H and O–H groups in total. The Morgan fingerprint density at radius 3 is 2.23 bits per heavy atom. The van der Waals surface area contributed by atoms with Gasteiger partial charge in [-0.2, -0.15) is 5.10 Å². The molecular weight excluding hydrogens is 334 g/mol. The summed E-state index contributed by atoms with van der Waals surface area (Å²) in [6.45, 7) is 0. The van der Waals surface area contributed by atoms with Crippen molar-refractivity contribution in [3.05, 3.63) is 47.5 Å². The molecule has 2 aromatic rings. The van der Waals surface area contributed by atoms with Gasteiger partial charge in [-0.15, -0.1) is 0 Å². The van der Waals surface area contributed by atoms with Crippen LogP contribution in [0, 0.1) is 0 Å². The van der Waals surface area contributed by atoms with Crippen LogP contribution in [0.3, 0.4) is 0 Å². The van der Waals surface area contributed by atoms with Crippen molar-refractivity contribution in [1.29, 1.82) is 0 Å². The summed E-state index contributed by atoms with van der Waals surface area (Å²) in [7, 11) is 8.45. The van der Waals surface area contributed by atoms with Crippen LogP contribution in [0.15, 0.2) is 41.5 Å². The number of carbonyl (C=O) groups is 1. The minimum absolute atomic E-state index is 0.294. The van der Waals surface area contributed by atoms with Gasteiger partial charge in [0, 0.05) is 30.9 Å². The number of methoxy groups -OCH3 is 3. The largest absolute Gasteiger partial charge is 0.493 e. The highest BCUT2D eigenvalue weighted by molar-refractivity contribution is 5.95. The third-order valence-electron chi connectivity index (χ3n) is 3.69. The lowest BCUT2D eigenvalue weighted by molar-refractivity contribution is 0.0955. The quantitative estimate of drug-likeness (QED) is 0.609. The predicted molar refractivity (Wildman–Crippen MR) is 102 cm³/mol. The number of nitrogens with one attached hydrogen (secondary N) is 1. The van der Waals surface area contributed by atoms with Gasteiger partial charge in [0.25, 0.3) is 5.91 Å². The number of benzene rings is 2. The van der Waals surface area contributed by atoms with Crippen LogP contribution < -0.4 is 24.5 Å². The van der Waals surface area contributed by atoms with Crippen molar-refractivity contribution in [2.24, 2.45) is 5.10 Å². The number of anilines is 1. The van der Waals surface area contributed by atoms with Gasteiger partial charge in [-0.1, -0.05) is 6.07 Å². The van der Waals surface area contributed by atoms with Gasteiger partial charge >= 0.3 is 0 Å². The minimum atomic E-state index is -0.294.